The van der Waals surface area contributed by atoms with Crippen LogP contribution in [-0.4, -0.2) is 29.6 Å². The number of allylic oxidation sites excluding steroid dienone is 2. The lowest BCUT2D eigenvalue weighted by atomic mass is 9.70. The molecule has 0 saturated carbocycles. The Morgan fingerprint density at radius 1 is 1.07 bits per heavy atom. The molecule has 5 heteroatoms. The van der Waals surface area contributed by atoms with Gasteiger partial charge in [0.05, 0.1) is 13.0 Å². The van der Waals surface area contributed by atoms with Crippen molar-refractivity contribution in [2.45, 2.75) is 31.6 Å². The number of ketones is 1. The second-order valence-corrected chi connectivity index (χ2v) is 7.29. The molecule has 1 aromatic carbocycles. The molecule has 1 unspecified atom stereocenters. The average molecular weight is 374 g/mol. The fraction of sp³-hybridized carbons (Fsp3) is 0.304. The molecule has 28 heavy (non-hydrogen) atoms. The Hall–Kier alpha value is -3.08. The molecule has 0 bridgehead atoms. The van der Waals surface area contributed by atoms with Gasteiger partial charge >= 0.3 is 5.97 Å². The highest BCUT2D eigenvalue weighted by Crippen LogP contribution is 2.46. The lowest BCUT2D eigenvalue weighted by molar-refractivity contribution is -0.143. The summed E-state index contributed by atoms with van der Waals surface area (Å²) in [4.78, 5) is 35.0. The van der Waals surface area contributed by atoms with Crippen molar-refractivity contribution in [2.24, 2.45) is 10.9 Å². The molecule has 2 aromatic rings. The van der Waals surface area contributed by atoms with Crippen LogP contribution in [-0.2, 0) is 14.3 Å². The maximum Gasteiger partial charge on any atom is 0.315 e. The van der Waals surface area contributed by atoms with Crippen LogP contribution in [0.5, 0.6) is 0 Å². The number of aromatic nitrogens is 1. The van der Waals surface area contributed by atoms with Crippen LogP contribution in [0.15, 0.2) is 71.0 Å². The van der Waals surface area contributed by atoms with Crippen molar-refractivity contribution in [1.82, 2.24) is 4.98 Å². The molecule has 2 aliphatic rings. The summed E-state index contributed by atoms with van der Waals surface area (Å²) >= 11 is 0. The highest BCUT2D eigenvalue weighted by atomic mass is 16.5. The molecule has 0 radical (unpaired) electrons. The quantitative estimate of drug-likeness (QED) is 0.766. The minimum atomic E-state index is -0.629. The van der Waals surface area contributed by atoms with E-state index in [2.05, 4.69) is 17.1 Å². The molecule has 2 heterocycles. The Balaban J connectivity index is 1.81. The molecular weight excluding hydrogens is 352 g/mol. The van der Waals surface area contributed by atoms with Crippen molar-refractivity contribution in [2.75, 3.05) is 7.11 Å². The van der Waals surface area contributed by atoms with Crippen molar-refractivity contribution in [3.63, 3.8) is 0 Å². The molecule has 5 nitrogen and oxygen atoms in total. The van der Waals surface area contributed by atoms with Crippen LogP contribution in [0, 0.1) is 5.92 Å². The van der Waals surface area contributed by atoms with Crippen LogP contribution in [0.2, 0.25) is 0 Å². The van der Waals surface area contributed by atoms with Gasteiger partial charge in [0, 0.05) is 35.3 Å². The summed E-state index contributed by atoms with van der Waals surface area (Å²) in [6, 6.07) is 15.6. The van der Waals surface area contributed by atoms with Gasteiger partial charge in [-0.1, -0.05) is 36.4 Å². The Kier molecular flexibility index (Phi) is 4.90. The summed E-state index contributed by atoms with van der Waals surface area (Å²) in [5, 5.41) is 0. The molecule has 142 valence electrons. The van der Waals surface area contributed by atoms with E-state index < -0.39 is 11.8 Å². The van der Waals surface area contributed by atoms with Gasteiger partial charge in [0.15, 0.2) is 5.78 Å². The van der Waals surface area contributed by atoms with Crippen LogP contribution in [0.25, 0.3) is 0 Å². The SMILES string of the molecule is COC(=O)C1C(C)=NC2=C(C(=O)C[C@@H](c3ccccc3)C2)[C@H]1c1ccccn1. The molecule has 0 spiro atoms. The molecule has 1 aromatic heterocycles. The maximum atomic E-state index is 13.3. The van der Waals surface area contributed by atoms with E-state index in [-0.39, 0.29) is 17.7 Å². The molecule has 1 aliphatic carbocycles. The second-order valence-electron chi connectivity index (χ2n) is 7.29. The van der Waals surface area contributed by atoms with E-state index in [0.29, 0.717) is 29.8 Å². The zero-order valence-electron chi connectivity index (χ0n) is 16.0. The Bertz CT molecular complexity index is 964. The first-order chi connectivity index (χ1) is 13.6. The number of benzene rings is 1. The summed E-state index contributed by atoms with van der Waals surface area (Å²) < 4.78 is 5.04. The summed E-state index contributed by atoms with van der Waals surface area (Å²) in [5.41, 5.74) is 3.90. The minimum Gasteiger partial charge on any atom is -0.468 e. The Labute approximate surface area is 164 Å². The van der Waals surface area contributed by atoms with Crippen molar-refractivity contribution in [1.29, 1.82) is 0 Å². The number of ether oxygens (including phenoxy) is 1. The van der Waals surface area contributed by atoms with Crippen molar-refractivity contribution >= 4 is 17.5 Å². The number of nitrogens with zero attached hydrogens (tertiary/aromatic N) is 2. The first-order valence-electron chi connectivity index (χ1n) is 9.45. The molecular formula is C23H22N2O3. The number of hydrogen-bond donors (Lipinski definition) is 0. The maximum absolute atomic E-state index is 13.3. The van der Waals surface area contributed by atoms with Gasteiger partial charge in [0.2, 0.25) is 0 Å². The number of carbonyl (C=O) groups excluding carboxylic acids is 2. The summed E-state index contributed by atoms with van der Waals surface area (Å²) in [6.45, 7) is 1.83. The normalized spacial score (nSPS) is 24.4. The van der Waals surface area contributed by atoms with E-state index in [1.807, 2.05) is 43.3 Å². The fourth-order valence-electron chi connectivity index (χ4n) is 4.33. The first kappa shape index (κ1) is 18.3. The van der Waals surface area contributed by atoms with Gasteiger partial charge in [-0.25, -0.2) is 0 Å². The lowest BCUT2D eigenvalue weighted by Crippen LogP contribution is -2.38. The first-order valence-corrected chi connectivity index (χ1v) is 9.45. The van der Waals surface area contributed by atoms with Gasteiger partial charge < -0.3 is 4.74 Å². The lowest BCUT2D eigenvalue weighted by Gasteiger charge is -2.35. The van der Waals surface area contributed by atoms with Crippen molar-refractivity contribution < 1.29 is 14.3 Å². The molecule has 4 rings (SSSR count). The molecule has 1 aliphatic heterocycles. The highest BCUT2D eigenvalue weighted by Gasteiger charge is 2.45. The number of esters is 1. The van der Waals surface area contributed by atoms with Crippen LogP contribution in [0.3, 0.4) is 0 Å². The summed E-state index contributed by atoms with van der Waals surface area (Å²) in [7, 11) is 1.36. The molecule has 0 N–H and O–H groups in total. The van der Waals surface area contributed by atoms with Crippen LogP contribution >= 0.6 is 0 Å². The van der Waals surface area contributed by atoms with Crippen LogP contribution in [0.4, 0.5) is 0 Å². The Morgan fingerprint density at radius 3 is 2.50 bits per heavy atom. The van der Waals surface area contributed by atoms with Gasteiger partial charge in [-0.05, 0) is 37.0 Å². The van der Waals surface area contributed by atoms with Crippen molar-refractivity contribution in [3.8, 4) is 0 Å². The smallest absolute Gasteiger partial charge is 0.315 e. The zero-order chi connectivity index (χ0) is 19.7. The number of pyridine rings is 1. The molecule has 0 fully saturated rings. The molecule has 0 amide bonds. The van der Waals surface area contributed by atoms with E-state index in [9.17, 15) is 9.59 Å². The average Bonchev–Trinajstić information content (AvgIpc) is 2.73. The van der Waals surface area contributed by atoms with Gasteiger partial charge in [-0.3, -0.25) is 19.6 Å². The van der Waals surface area contributed by atoms with Crippen LogP contribution in [0.1, 0.15) is 42.9 Å². The molecule has 0 saturated heterocycles. The Morgan fingerprint density at radius 2 is 1.82 bits per heavy atom. The summed E-state index contributed by atoms with van der Waals surface area (Å²) in [5.74, 6) is -1.33. The van der Waals surface area contributed by atoms with E-state index >= 15 is 0 Å². The standard InChI is InChI=1S/C23H22N2O3/c1-14-20(23(27)28-2)22(17-10-6-7-11-24-17)21-18(25-14)12-16(13-19(21)26)15-8-4-3-5-9-15/h3-11,16,20,22H,12-13H2,1-2H3/t16-,20?,22-/m0/s1. The number of carbonyl (C=O) groups is 2. The van der Waals surface area contributed by atoms with Gasteiger partial charge in [0.25, 0.3) is 0 Å². The number of methoxy groups -OCH3 is 1. The van der Waals surface area contributed by atoms with E-state index in [1.165, 1.54) is 7.11 Å². The highest BCUT2D eigenvalue weighted by molar-refractivity contribution is 6.09. The number of aliphatic imine (C=N–C) groups is 1. The monoisotopic (exact) mass is 374 g/mol. The summed E-state index contributed by atoms with van der Waals surface area (Å²) in [6.07, 6.45) is 2.78. The van der Waals surface area contributed by atoms with Gasteiger partial charge in [-0.2, -0.15) is 0 Å². The number of Topliss-reactive ketones (excluding diaryl/α,β-unsaturated/α-hetero) is 1. The predicted molar refractivity (Wildman–Crippen MR) is 106 cm³/mol. The van der Waals surface area contributed by atoms with E-state index in [4.69, 9.17) is 9.73 Å². The topological polar surface area (TPSA) is 68.6 Å². The predicted octanol–water partition coefficient (Wildman–Crippen LogP) is 3.83. The zero-order valence-corrected chi connectivity index (χ0v) is 16.0. The van der Waals surface area contributed by atoms with Gasteiger partial charge in [0.1, 0.15) is 5.92 Å². The fourth-order valence-corrected chi connectivity index (χ4v) is 4.33. The molecule has 3 atom stereocenters. The van der Waals surface area contributed by atoms with Gasteiger partial charge in [-0.15, -0.1) is 0 Å². The number of hydrogen-bond acceptors (Lipinski definition) is 5. The van der Waals surface area contributed by atoms with E-state index in [1.54, 1.807) is 6.20 Å². The largest absolute Gasteiger partial charge is 0.468 e. The third-order valence-corrected chi connectivity index (χ3v) is 5.62. The third kappa shape index (κ3) is 3.17. The number of rotatable bonds is 3. The van der Waals surface area contributed by atoms with Crippen LogP contribution < -0.4 is 0 Å². The minimum absolute atomic E-state index is 0.0379. The second kappa shape index (κ2) is 7.50. The van der Waals surface area contributed by atoms with Crippen molar-refractivity contribution in [3.05, 3.63) is 77.3 Å². The third-order valence-electron chi connectivity index (χ3n) is 5.62. The van der Waals surface area contributed by atoms with E-state index in [0.717, 1.165) is 11.3 Å².